The van der Waals surface area contributed by atoms with Crippen LogP contribution in [0.4, 0.5) is 4.39 Å². The summed E-state index contributed by atoms with van der Waals surface area (Å²) < 4.78 is 13.6. The van der Waals surface area contributed by atoms with Gasteiger partial charge < -0.3 is 10.8 Å². The number of aliphatic carboxylic acids is 1. The predicted octanol–water partition coefficient (Wildman–Crippen LogP) is 2.34. The average Bonchev–Trinajstić information content (AvgIpc) is 2.70. The number of thiazole rings is 1. The monoisotopic (exact) mass is 266 g/mol. The number of rotatable bonds is 3. The van der Waals surface area contributed by atoms with E-state index in [1.54, 1.807) is 25.1 Å². The van der Waals surface area contributed by atoms with Crippen molar-refractivity contribution >= 4 is 17.3 Å². The molecule has 0 saturated heterocycles. The van der Waals surface area contributed by atoms with Crippen LogP contribution in [-0.2, 0) is 4.79 Å². The minimum absolute atomic E-state index is 0.356. The Morgan fingerprint density at radius 2 is 2.17 bits per heavy atom. The smallest absolute Gasteiger partial charge is 0.326 e. The van der Waals surface area contributed by atoms with E-state index in [0.717, 1.165) is 11.3 Å². The quantitative estimate of drug-likeness (QED) is 0.894. The summed E-state index contributed by atoms with van der Waals surface area (Å²) in [7, 11) is 0. The molecule has 0 radical (unpaired) electrons. The van der Waals surface area contributed by atoms with Crippen LogP contribution in [0, 0.1) is 12.7 Å². The van der Waals surface area contributed by atoms with Gasteiger partial charge in [-0.2, -0.15) is 0 Å². The largest absolute Gasteiger partial charge is 0.480 e. The summed E-state index contributed by atoms with van der Waals surface area (Å²) in [6.07, 6.45) is 0. The van der Waals surface area contributed by atoms with Crippen LogP contribution in [0.2, 0.25) is 0 Å². The fourth-order valence-electron chi connectivity index (χ4n) is 1.56. The third-order valence-corrected chi connectivity index (χ3v) is 3.76. The number of carbonyl (C=O) groups is 1. The van der Waals surface area contributed by atoms with E-state index in [9.17, 15) is 9.18 Å². The van der Waals surface area contributed by atoms with E-state index in [1.807, 2.05) is 0 Å². The Labute approximate surface area is 107 Å². The van der Waals surface area contributed by atoms with Gasteiger partial charge in [-0.15, -0.1) is 11.3 Å². The zero-order valence-corrected chi connectivity index (χ0v) is 10.4. The van der Waals surface area contributed by atoms with E-state index < -0.39 is 12.0 Å². The molecule has 94 valence electrons. The molecular formula is C12H11FN2O2S. The first-order valence-electron chi connectivity index (χ1n) is 5.21. The second-order valence-corrected chi connectivity index (χ2v) is 4.80. The van der Waals surface area contributed by atoms with Gasteiger partial charge in [0, 0.05) is 5.56 Å². The topological polar surface area (TPSA) is 76.2 Å². The molecule has 0 amide bonds. The van der Waals surface area contributed by atoms with Gasteiger partial charge in [-0.05, 0) is 19.1 Å². The maximum absolute atomic E-state index is 13.6. The molecule has 3 N–H and O–H groups in total. The molecule has 1 heterocycles. The highest BCUT2D eigenvalue weighted by molar-refractivity contribution is 7.15. The average molecular weight is 266 g/mol. The van der Waals surface area contributed by atoms with E-state index in [1.165, 1.54) is 6.07 Å². The number of halogens is 1. The van der Waals surface area contributed by atoms with E-state index in [-0.39, 0.29) is 5.82 Å². The number of nitrogens with zero attached hydrogens (tertiary/aromatic N) is 1. The van der Waals surface area contributed by atoms with Crippen LogP contribution in [0.15, 0.2) is 24.3 Å². The lowest BCUT2D eigenvalue weighted by Crippen LogP contribution is -2.20. The van der Waals surface area contributed by atoms with E-state index in [4.69, 9.17) is 10.8 Å². The molecule has 0 bridgehead atoms. The Hall–Kier alpha value is -1.79. The van der Waals surface area contributed by atoms with E-state index >= 15 is 0 Å². The van der Waals surface area contributed by atoms with Crippen LogP contribution in [0.25, 0.3) is 10.6 Å². The van der Waals surface area contributed by atoms with Gasteiger partial charge in [0.15, 0.2) is 0 Å². The van der Waals surface area contributed by atoms with Gasteiger partial charge in [0.05, 0.1) is 10.6 Å². The number of hydrogen-bond acceptors (Lipinski definition) is 4. The number of carboxylic acid groups (broad SMARTS) is 1. The summed E-state index contributed by atoms with van der Waals surface area (Å²) in [6.45, 7) is 1.67. The van der Waals surface area contributed by atoms with E-state index in [0.29, 0.717) is 21.1 Å². The lowest BCUT2D eigenvalue weighted by atomic mass is 10.2. The second-order valence-electron chi connectivity index (χ2n) is 3.76. The molecule has 0 aliphatic heterocycles. The SMILES string of the molecule is Cc1nc(-c2ccccc2F)sc1C(N)C(=O)O. The van der Waals surface area contributed by atoms with Crippen molar-refractivity contribution in [3.05, 3.63) is 40.7 Å². The minimum Gasteiger partial charge on any atom is -0.480 e. The first-order chi connectivity index (χ1) is 8.50. The van der Waals surface area contributed by atoms with Gasteiger partial charge in [0.25, 0.3) is 0 Å². The van der Waals surface area contributed by atoms with Gasteiger partial charge in [-0.3, -0.25) is 4.79 Å². The minimum atomic E-state index is -1.12. The molecule has 1 atom stereocenters. The molecule has 0 spiro atoms. The zero-order chi connectivity index (χ0) is 13.3. The summed E-state index contributed by atoms with van der Waals surface area (Å²) in [5.41, 5.74) is 6.42. The zero-order valence-electron chi connectivity index (χ0n) is 9.55. The van der Waals surface area contributed by atoms with Crippen molar-refractivity contribution in [2.75, 3.05) is 0 Å². The number of aromatic nitrogens is 1. The van der Waals surface area contributed by atoms with Gasteiger partial charge in [0.1, 0.15) is 16.9 Å². The van der Waals surface area contributed by atoms with Crippen molar-refractivity contribution < 1.29 is 14.3 Å². The third-order valence-electron chi connectivity index (χ3n) is 2.49. The van der Waals surface area contributed by atoms with Gasteiger partial charge in [-0.25, -0.2) is 9.37 Å². The first-order valence-corrected chi connectivity index (χ1v) is 6.03. The summed E-state index contributed by atoms with van der Waals surface area (Å²) >= 11 is 1.11. The van der Waals surface area contributed by atoms with Crippen LogP contribution < -0.4 is 5.73 Å². The Balaban J connectivity index is 2.47. The second kappa shape index (κ2) is 4.83. The summed E-state index contributed by atoms with van der Waals surface area (Å²) in [5.74, 6) is -1.51. The standard InChI is InChI=1S/C12H11FN2O2S/c1-6-10(9(14)12(16)17)18-11(15-6)7-4-2-3-5-8(7)13/h2-5,9H,14H2,1H3,(H,16,17). The van der Waals surface area contributed by atoms with Crippen LogP contribution in [-0.4, -0.2) is 16.1 Å². The van der Waals surface area contributed by atoms with E-state index in [2.05, 4.69) is 4.98 Å². The van der Waals surface area contributed by atoms with Crippen molar-refractivity contribution in [3.63, 3.8) is 0 Å². The predicted molar refractivity (Wildman–Crippen MR) is 66.8 cm³/mol. The van der Waals surface area contributed by atoms with Crippen LogP contribution >= 0.6 is 11.3 Å². The highest BCUT2D eigenvalue weighted by Gasteiger charge is 2.22. The Bertz CT molecular complexity index is 598. The van der Waals surface area contributed by atoms with Gasteiger partial charge in [0.2, 0.25) is 0 Å². The lowest BCUT2D eigenvalue weighted by Gasteiger charge is -2.02. The molecular weight excluding hydrogens is 255 g/mol. The molecule has 0 aliphatic rings. The summed E-state index contributed by atoms with van der Waals surface area (Å²) in [5, 5.41) is 9.32. The highest BCUT2D eigenvalue weighted by atomic mass is 32.1. The third kappa shape index (κ3) is 2.25. The summed E-state index contributed by atoms with van der Waals surface area (Å²) in [4.78, 5) is 15.5. The number of nitrogens with two attached hydrogens (primary N) is 1. The van der Waals surface area contributed by atoms with Crippen molar-refractivity contribution in [2.24, 2.45) is 5.73 Å². The van der Waals surface area contributed by atoms with Crippen molar-refractivity contribution in [3.8, 4) is 10.6 Å². The normalized spacial score (nSPS) is 12.4. The molecule has 4 nitrogen and oxygen atoms in total. The molecule has 1 aromatic carbocycles. The van der Waals surface area contributed by atoms with Gasteiger partial charge in [-0.1, -0.05) is 12.1 Å². The molecule has 1 aromatic heterocycles. The first kappa shape index (κ1) is 12.7. The van der Waals surface area contributed by atoms with Gasteiger partial charge >= 0.3 is 5.97 Å². The van der Waals surface area contributed by atoms with Crippen LogP contribution in [0.5, 0.6) is 0 Å². The maximum Gasteiger partial charge on any atom is 0.326 e. The molecule has 2 aromatic rings. The van der Waals surface area contributed by atoms with Crippen LogP contribution in [0.3, 0.4) is 0 Å². The molecule has 6 heteroatoms. The molecule has 0 saturated carbocycles. The maximum atomic E-state index is 13.6. The molecule has 1 unspecified atom stereocenters. The molecule has 0 aliphatic carbocycles. The fourth-order valence-corrected chi connectivity index (χ4v) is 2.65. The number of hydrogen-bond donors (Lipinski definition) is 2. The molecule has 0 fully saturated rings. The Kier molecular flexibility index (Phi) is 3.40. The molecule has 18 heavy (non-hydrogen) atoms. The highest BCUT2D eigenvalue weighted by Crippen LogP contribution is 2.32. The number of carboxylic acids is 1. The number of benzene rings is 1. The lowest BCUT2D eigenvalue weighted by molar-refractivity contribution is -0.138. The van der Waals surface area contributed by atoms with Crippen molar-refractivity contribution in [1.29, 1.82) is 0 Å². The fraction of sp³-hybridized carbons (Fsp3) is 0.167. The molecule has 2 rings (SSSR count). The Morgan fingerprint density at radius 3 is 2.78 bits per heavy atom. The number of aryl methyl sites for hydroxylation is 1. The van der Waals surface area contributed by atoms with Crippen molar-refractivity contribution in [2.45, 2.75) is 13.0 Å². The van der Waals surface area contributed by atoms with Crippen LogP contribution in [0.1, 0.15) is 16.6 Å². The van der Waals surface area contributed by atoms with Crippen molar-refractivity contribution in [1.82, 2.24) is 4.98 Å². The summed E-state index contributed by atoms with van der Waals surface area (Å²) in [6, 6.07) is 5.10. The Morgan fingerprint density at radius 1 is 1.50 bits per heavy atom.